The summed E-state index contributed by atoms with van der Waals surface area (Å²) in [5.41, 5.74) is 0.791. The van der Waals surface area contributed by atoms with Crippen molar-refractivity contribution in [3.63, 3.8) is 0 Å². The van der Waals surface area contributed by atoms with Gasteiger partial charge < -0.3 is 4.42 Å². The third-order valence-corrected chi connectivity index (χ3v) is 5.16. The van der Waals surface area contributed by atoms with Gasteiger partial charge in [0.05, 0.1) is 16.9 Å². The average molecular weight is 363 g/mol. The number of hydrogen-bond acceptors (Lipinski definition) is 4. The predicted molar refractivity (Wildman–Crippen MR) is 107 cm³/mol. The zero-order valence-electron chi connectivity index (χ0n) is 13.1. The van der Waals surface area contributed by atoms with Crippen molar-refractivity contribution in [1.29, 1.82) is 0 Å². The van der Waals surface area contributed by atoms with Gasteiger partial charge in [-0.2, -0.15) is 0 Å². The molecule has 122 valence electrons. The Kier molecular flexibility index (Phi) is 4.26. The highest BCUT2D eigenvalue weighted by molar-refractivity contribution is 8.27. The number of allylic oxidation sites excluding steroid dienone is 2. The van der Waals surface area contributed by atoms with Gasteiger partial charge in [-0.15, -0.1) is 0 Å². The second-order valence-corrected chi connectivity index (χ2v) is 7.12. The summed E-state index contributed by atoms with van der Waals surface area (Å²) in [6, 6.07) is 17.6. The third kappa shape index (κ3) is 3.16. The van der Waals surface area contributed by atoms with Crippen LogP contribution in [0.1, 0.15) is 5.76 Å². The van der Waals surface area contributed by atoms with Gasteiger partial charge in [0.2, 0.25) is 0 Å². The summed E-state index contributed by atoms with van der Waals surface area (Å²) in [7, 11) is 0. The van der Waals surface area contributed by atoms with Crippen LogP contribution in [0.15, 0.2) is 82.3 Å². The van der Waals surface area contributed by atoms with Crippen LogP contribution in [-0.2, 0) is 4.79 Å². The molecule has 3 nitrogen and oxygen atoms in total. The van der Waals surface area contributed by atoms with Crippen molar-refractivity contribution in [2.24, 2.45) is 0 Å². The topological polar surface area (TPSA) is 33.5 Å². The van der Waals surface area contributed by atoms with Gasteiger partial charge in [-0.1, -0.05) is 60.4 Å². The number of carbonyl (C=O) groups excluding carboxylic acids is 1. The van der Waals surface area contributed by atoms with E-state index in [0.717, 1.165) is 22.2 Å². The zero-order chi connectivity index (χ0) is 17.2. The number of hydrogen-bond donors (Lipinski definition) is 0. The molecule has 0 saturated carbocycles. The van der Waals surface area contributed by atoms with Gasteiger partial charge in [0.1, 0.15) is 5.76 Å². The van der Waals surface area contributed by atoms with Gasteiger partial charge in [0.25, 0.3) is 5.91 Å². The molecule has 0 atom stereocenters. The molecule has 25 heavy (non-hydrogen) atoms. The first kappa shape index (κ1) is 15.9. The van der Waals surface area contributed by atoms with E-state index < -0.39 is 0 Å². The lowest BCUT2D eigenvalue weighted by atomic mass is 10.1. The Labute approximate surface area is 154 Å². The normalized spacial score (nSPS) is 16.6. The molecule has 1 aromatic heterocycles. The molecular weight excluding hydrogens is 350 g/mol. The van der Waals surface area contributed by atoms with Gasteiger partial charge >= 0.3 is 0 Å². The van der Waals surface area contributed by atoms with E-state index in [0.29, 0.717) is 9.23 Å². The first-order valence-corrected chi connectivity index (χ1v) is 8.92. The quantitative estimate of drug-likeness (QED) is 0.461. The molecule has 1 fully saturated rings. The van der Waals surface area contributed by atoms with Crippen LogP contribution in [0.5, 0.6) is 0 Å². The minimum Gasteiger partial charge on any atom is -0.465 e. The van der Waals surface area contributed by atoms with Crippen LogP contribution in [0.3, 0.4) is 0 Å². The maximum atomic E-state index is 12.7. The van der Waals surface area contributed by atoms with E-state index in [1.165, 1.54) is 11.8 Å². The molecule has 4 rings (SSSR count). The highest BCUT2D eigenvalue weighted by atomic mass is 32.2. The first-order valence-electron chi connectivity index (χ1n) is 7.69. The third-order valence-electron chi connectivity index (χ3n) is 3.84. The molecule has 0 radical (unpaired) electrons. The lowest BCUT2D eigenvalue weighted by Crippen LogP contribution is -2.27. The summed E-state index contributed by atoms with van der Waals surface area (Å²) in [6.07, 6.45) is 6.98. The summed E-state index contributed by atoms with van der Waals surface area (Å²) in [5.74, 6) is 0.635. The molecule has 0 bridgehead atoms. The van der Waals surface area contributed by atoms with Crippen LogP contribution in [0.4, 0.5) is 5.69 Å². The van der Waals surface area contributed by atoms with Gasteiger partial charge in [-0.3, -0.25) is 9.69 Å². The molecule has 0 aliphatic carbocycles. The lowest BCUT2D eigenvalue weighted by molar-refractivity contribution is -0.113. The van der Waals surface area contributed by atoms with Gasteiger partial charge in [0.15, 0.2) is 4.32 Å². The number of thiocarbonyl (C=S) groups is 1. The number of carbonyl (C=O) groups is 1. The Morgan fingerprint density at radius 2 is 1.88 bits per heavy atom. The minimum absolute atomic E-state index is 0.102. The Morgan fingerprint density at radius 1 is 1.04 bits per heavy atom. The van der Waals surface area contributed by atoms with Crippen molar-refractivity contribution in [2.45, 2.75) is 0 Å². The zero-order valence-corrected chi connectivity index (χ0v) is 14.7. The molecule has 1 aliphatic rings. The molecule has 0 spiro atoms. The van der Waals surface area contributed by atoms with Crippen molar-refractivity contribution in [3.05, 3.63) is 83.7 Å². The van der Waals surface area contributed by atoms with Crippen molar-refractivity contribution >= 4 is 56.7 Å². The average Bonchev–Trinajstić information content (AvgIpc) is 3.23. The van der Waals surface area contributed by atoms with Gasteiger partial charge in [0, 0.05) is 0 Å². The number of anilines is 1. The standard InChI is InChI=1S/C20H13NO2S2/c22-19-18(9-3-7-17-8-4-12-23-17)25-20(24)21(19)16-11-10-14-5-1-2-6-15(14)13-16/h1-13H. The number of benzene rings is 2. The molecule has 1 aliphatic heterocycles. The summed E-state index contributed by atoms with van der Waals surface area (Å²) < 4.78 is 5.77. The highest BCUT2D eigenvalue weighted by Crippen LogP contribution is 2.36. The van der Waals surface area contributed by atoms with E-state index >= 15 is 0 Å². The van der Waals surface area contributed by atoms with Crippen LogP contribution in [0, 0.1) is 0 Å². The predicted octanol–water partition coefficient (Wildman–Crippen LogP) is 5.39. The summed E-state index contributed by atoms with van der Waals surface area (Å²) in [6.45, 7) is 0. The largest absolute Gasteiger partial charge is 0.465 e. The Hall–Kier alpha value is -2.63. The molecule has 0 unspecified atom stereocenters. The van der Waals surface area contributed by atoms with E-state index in [-0.39, 0.29) is 5.91 Å². The lowest BCUT2D eigenvalue weighted by Gasteiger charge is -2.15. The summed E-state index contributed by atoms with van der Waals surface area (Å²) >= 11 is 6.72. The van der Waals surface area contributed by atoms with Crippen LogP contribution in [-0.4, -0.2) is 10.2 Å². The Morgan fingerprint density at radius 3 is 2.68 bits per heavy atom. The van der Waals surface area contributed by atoms with E-state index in [2.05, 4.69) is 0 Å². The van der Waals surface area contributed by atoms with Crippen molar-refractivity contribution in [2.75, 3.05) is 4.90 Å². The van der Waals surface area contributed by atoms with Crippen LogP contribution >= 0.6 is 24.0 Å². The van der Waals surface area contributed by atoms with E-state index in [1.54, 1.807) is 23.3 Å². The first-order chi connectivity index (χ1) is 12.2. The molecule has 2 aromatic carbocycles. The number of thioether (sulfide) groups is 1. The second-order valence-electron chi connectivity index (χ2n) is 5.45. The van der Waals surface area contributed by atoms with Crippen LogP contribution in [0.25, 0.3) is 16.8 Å². The van der Waals surface area contributed by atoms with E-state index in [9.17, 15) is 4.79 Å². The fraction of sp³-hybridized carbons (Fsp3) is 0. The van der Waals surface area contributed by atoms with Gasteiger partial charge in [-0.25, -0.2) is 0 Å². The van der Waals surface area contributed by atoms with Crippen molar-refractivity contribution < 1.29 is 9.21 Å². The van der Waals surface area contributed by atoms with Gasteiger partial charge in [-0.05, 0) is 47.2 Å². The minimum atomic E-state index is -0.102. The fourth-order valence-electron chi connectivity index (χ4n) is 2.64. The second kappa shape index (κ2) is 6.70. The molecule has 2 heterocycles. The molecule has 5 heteroatoms. The summed E-state index contributed by atoms with van der Waals surface area (Å²) in [4.78, 5) is 14.9. The number of nitrogens with zero attached hydrogens (tertiary/aromatic N) is 1. The number of furan rings is 1. The van der Waals surface area contributed by atoms with Crippen molar-refractivity contribution in [3.8, 4) is 0 Å². The number of amides is 1. The monoisotopic (exact) mass is 363 g/mol. The van der Waals surface area contributed by atoms with Crippen molar-refractivity contribution in [1.82, 2.24) is 0 Å². The molecule has 1 amide bonds. The maximum Gasteiger partial charge on any atom is 0.270 e. The van der Waals surface area contributed by atoms with E-state index in [4.69, 9.17) is 16.6 Å². The van der Waals surface area contributed by atoms with E-state index in [1.807, 2.05) is 60.7 Å². The molecule has 1 saturated heterocycles. The molecular formula is C20H13NO2S2. The number of rotatable bonds is 3. The number of fused-ring (bicyclic) bond motifs is 1. The molecule has 0 N–H and O–H groups in total. The van der Waals surface area contributed by atoms with Crippen LogP contribution < -0.4 is 4.90 Å². The maximum absolute atomic E-state index is 12.7. The Balaban J connectivity index is 1.62. The molecule has 3 aromatic rings. The van der Waals surface area contributed by atoms with Crippen LogP contribution in [0.2, 0.25) is 0 Å². The SMILES string of the molecule is O=C1C(=CC=Cc2ccco2)SC(=S)N1c1ccc2ccccc2c1. The smallest absolute Gasteiger partial charge is 0.270 e. The Bertz CT molecular complexity index is 1020. The fourth-order valence-corrected chi connectivity index (χ4v) is 3.89. The summed E-state index contributed by atoms with van der Waals surface area (Å²) in [5, 5.41) is 2.21. The highest BCUT2D eigenvalue weighted by Gasteiger charge is 2.32.